The molecular formula is C14H16N4O2. The first-order valence-electron chi connectivity index (χ1n) is 6.10. The number of nitrogens with zero attached hydrogens (tertiary/aromatic N) is 3. The zero-order valence-electron chi connectivity index (χ0n) is 11.5. The lowest BCUT2D eigenvalue weighted by Crippen LogP contribution is -2.04. The van der Waals surface area contributed by atoms with Crippen LogP contribution in [0.1, 0.15) is 23.9 Å². The van der Waals surface area contributed by atoms with Gasteiger partial charge in [0.25, 0.3) is 0 Å². The van der Waals surface area contributed by atoms with Crippen LogP contribution in [0.2, 0.25) is 0 Å². The van der Waals surface area contributed by atoms with Gasteiger partial charge in [-0.25, -0.2) is 15.4 Å². The van der Waals surface area contributed by atoms with Crippen molar-refractivity contribution >= 4 is 11.7 Å². The number of hydrazone groups is 1. The lowest BCUT2D eigenvalue weighted by Gasteiger charge is -2.06. The first-order chi connectivity index (χ1) is 9.45. The summed E-state index contributed by atoms with van der Waals surface area (Å²) in [5, 5.41) is 23.1. The number of anilines is 1. The highest BCUT2D eigenvalue weighted by atomic mass is 16.3. The van der Waals surface area contributed by atoms with E-state index in [0.29, 0.717) is 17.2 Å². The van der Waals surface area contributed by atoms with Gasteiger partial charge in [-0.1, -0.05) is 0 Å². The second kappa shape index (κ2) is 5.56. The Hall–Kier alpha value is -2.63. The highest BCUT2D eigenvalue weighted by Gasteiger charge is 2.06. The van der Waals surface area contributed by atoms with Crippen LogP contribution >= 0.6 is 0 Å². The number of phenols is 2. The van der Waals surface area contributed by atoms with Crippen molar-refractivity contribution in [1.82, 2.24) is 9.97 Å². The van der Waals surface area contributed by atoms with Crippen LogP contribution in [-0.2, 0) is 0 Å². The molecule has 0 unspecified atom stereocenters. The van der Waals surface area contributed by atoms with E-state index in [0.717, 1.165) is 11.4 Å². The van der Waals surface area contributed by atoms with Gasteiger partial charge in [0.05, 0.1) is 5.71 Å². The largest absolute Gasteiger partial charge is 0.508 e. The molecule has 2 aromatic rings. The van der Waals surface area contributed by atoms with E-state index in [4.69, 9.17) is 0 Å². The van der Waals surface area contributed by atoms with E-state index in [1.807, 2.05) is 19.9 Å². The van der Waals surface area contributed by atoms with E-state index in [2.05, 4.69) is 20.5 Å². The number of aromatic hydroxyl groups is 2. The second-order valence-corrected chi connectivity index (χ2v) is 4.48. The summed E-state index contributed by atoms with van der Waals surface area (Å²) in [4.78, 5) is 8.41. The topological polar surface area (TPSA) is 90.6 Å². The van der Waals surface area contributed by atoms with Crippen molar-refractivity contribution in [3.8, 4) is 11.5 Å². The van der Waals surface area contributed by atoms with Gasteiger partial charge >= 0.3 is 0 Å². The molecule has 0 saturated heterocycles. The molecule has 0 atom stereocenters. The summed E-state index contributed by atoms with van der Waals surface area (Å²) in [5.41, 5.74) is 5.54. The number of phenolic OH excluding ortho intramolecular Hbond substituents is 2. The van der Waals surface area contributed by atoms with Crippen molar-refractivity contribution in [2.24, 2.45) is 5.10 Å². The maximum atomic E-state index is 9.75. The molecule has 0 amide bonds. The van der Waals surface area contributed by atoms with E-state index < -0.39 is 0 Å². The van der Waals surface area contributed by atoms with Crippen molar-refractivity contribution in [1.29, 1.82) is 0 Å². The van der Waals surface area contributed by atoms with Crippen molar-refractivity contribution in [3.63, 3.8) is 0 Å². The molecule has 104 valence electrons. The van der Waals surface area contributed by atoms with E-state index in [1.54, 1.807) is 13.0 Å². The predicted octanol–water partition coefficient (Wildman–Crippen LogP) is 2.34. The van der Waals surface area contributed by atoms with E-state index in [-0.39, 0.29) is 11.5 Å². The van der Waals surface area contributed by atoms with Gasteiger partial charge < -0.3 is 10.2 Å². The number of aryl methyl sites for hydroxylation is 2. The Morgan fingerprint density at radius 3 is 2.35 bits per heavy atom. The fraction of sp³-hybridized carbons (Fsp3) is 0.214. The third-order valence-electron chi connectivity index (χ3n) is 2.68. The highest BCUT2D eigenvalue weighted by molar-refractivity contribution is 6.01. The maximum absolute atomic E-state index is 9.75. The van der Waals surface area contributed by atoms with E-state index >= 15 is 0 Å². The minimum Gasteiger partial charge on any atom is -0.508 e. The number of aromatic nitrogens is 2. The molecule has 0 spiro atoms. The third kappa shape index (κ3) is 3.23. The van der Waals surface area contributed by atoms with Crippen molar-refractivity contribution in [2.75, 3.05) is 5.43 Å². The van der Waals surface area contributed by atoms with Gasteiger partial charge in [-0.05, 0) is 39.0 Å². The summed E-state index contributed by atoms with van der Waals surface area (Å²) in [5.74, 6) is 0.374. The molecular weight excluding hydrogens is 256 g/mol. The average molecular weight is 272 g/mol. The van der Waals surface area contributed by atoms with Gasteiger partial charge in [0.15, 0.2) is 0 Å². The van der Waals surface area contributed by atoms with Crippen LogP contribution in [0.15, 0.2) is 29.4 Å². The molecule has 2 rings (SSSR count). The van der Waals surface area contributed by atoms with E-state index in [1.165, 1.54) is 12.1 Å². The van der Waals surface area contributed by atoms with Crippen LogP contribution in [0.5, 0.6) is 11.5 Å². The van der Waals surface area contributed by atoms with Gasteiger partial charge in [-0.2, -0.15) is 5.10 Å². The first kappa shape index (κ1) is 13.8. The molecule has 6 heteroatoms. The molecule has 1 aromatic carbocycles. The summed E-state index contributed by atoms with van der Waals surface area (Å²) in [6, 6.07) is 6.21. The standard InChI is InChI=1S/C14H16N4O2/c1-8-6-9(2)16-14(15-8)18-17-10(3)12-5-4-11(19)7-13(12)20/h4-7,19-20H,1-3H3,(H,15,16,18)/b17-10+. The summed E-state index contributed by atoms with van der Waals surface area (Å²) in [6.45, 7) is 5.49. The summed E-state index contributed by atoms with van der Waals surface area (Å²) < 4.78 is 0. The zero-order valence-corrected chi connectivity index (χ0v) is 11.5. The number of nitrogens with one attached hydrogen (secondary N) is 1. The Morgan fingerprint density at radius 2 is 1.75 bits per heavy atom. The smallest absolute Gasteiger partial charge is 0.243 e. The normalized spacial score (nSPS) is 11.4. The summed E-state index contributed by atoms with van der Waals surface area (Å²) in [7, 11) is 0. The molecule has 0 radical (unpaired) electrons. The van der Waals surface area contributed by atoms with Crippen LogP contribution in [0.25, 0.3) is 0 Å². The summed E-state index contributed by atoms with van der Waals surface area (Å²) in [6.07, 6.45) is 0. The van der Waals surface area contributed by atoms with Crippen molar-refractivity contribution in [2.45, 2.75) is 20.8 Å². The highest BCUT2D eigenvalue weighted by Crippen LogP contribution is 2.23. The maximum Gasteiger partial charge on any atom is 0.243 e. The third-order valence-corrected chi connectivity index (χ3v) is 2.68. The first-order valence-corrected chi connectivity index (χ1v) is 6.10. The molecule has 0 bridgehead atoms. The van der Waals surface area contributed by atoms with Crippen LogP contribution in [0.3, 0.4) is 0 Å². The minimum absolute atomic E-state index is 0.00431. The van der Waals surface area contributed by atoms with Crippen LogP contribution in [0, 0.1) is 13.8 Å². The Bertz CT molecular complexity index is 648. The zero-order chi connectivity index (χ0) is 14.7. The fourth-order valence-corrected chi connectivity index (χ4v) is 1.80. The van der Waals surface area contributed by atoms with Crippen molar-refractivity contribution in [3.05, 3.63) is 41.2 Å². The Labute approximate surface area is 116 Å². The monoisotopic (exact) mass is 272 g/mol. The number of rotatable bonds is 3. The molecule has 0 saturated carbocycles. The molecule has 1 heterocycles. The Balaban J connectivity index is 2.22. The van der Waals surface area contributed by atoms with E-state index in [9.17, 15) is 10.2 Å². The quantitative estimate of drug-likeness (QED) is 0.589. The SMILES string of the molecule is C/C(=N\Nc1nc(C)cc(C)n1)c1ccc(O)cc1O. The molecule has 6 nitrogen and oxygen atoms in total. The number of hydrogen-bond acceptors (Lipinski definition) is 6. The predicted molar refractivity (Wildman–Crippen MR) is 77.1 cm³/mol. The fourth-order valence-electron chi connectivity index (χ4n) is 1.80. The van der Waals surface area contributed by atoms with Crippen LogP contribution in [0.4, 0.5) is 5.95 Å². The van der Waals surface area contributed by atoms with Crippen molar-refractivity contribution < 1.29 is 10.2 Å². The van der Waals surface area contributed by atoms with Gasteiger partial charge in [0.2, 0.25) is 5.95 Å². The van der Waals surface area contributed by atoms with Crippen LogP contribution in [-0.4, -0.2) is 25.9 Å². The summed E-state index contributed by atoms with van der Waals surface area (Å²) >= 11 is 0. The van der Waals surface area contributed by atoms with Gasteiger partial charge in [0, 0.05) is 23.0 Å². The minimum atomic E-state index is -0.0330. The molecule has 3 N–H and O–H groups in total. The van der Waals surface area contributed by atoms with Gasteiger partial charge in [-0.3, -0.25) is 0 Å². The lowest BCUT2D eigenvalue weighted by molar-refractivity contribution is 0.450. The molecule has 0 aliphatic heterocycles. The Kier molecular flexibility index (Phi) is 3.84. The molecule has 0 fully saturated rings. The van der Waals surface area contributed by atoms with Crippen LogP contribution < -0.4 is 5.43 Å². The molecule has 0 aliphatic carbocycles. The number of hydrogen-bond donors (Lipinski definition) is 3. The molecule has 20 heavy (non-hydrogen) atoms. The molecule has 1 aromatic heterocycles. The molecule has 0 aliphatic rings. The van der Waals surface area contributed by atoms with Gasteiger partial charge in [0.1, 0.15) is 11.5 Å². The lowest BCUT2D eigenvalue weighted by atomic mass is 10.1. The van der Waals surface area contributed by atoms with Gasteiger partial charge in [-0.15, -0.1) is 0 Å². The number of benzene rings is 1. The average Bonchev–Trinajstić information content (AvgIpc) is 2.35. The second-order valence-electron chi connectivity index (χ2n) is 4.48. The Morgan fingerprint density at radius 1 is 1.10 bits per heavy atom.